The van der Waals surface area contributed by atoms with Gasteiger partial charge in [0.15, 0.2) is 18.1 Å². The maximum Gasteiger partial charge on any atom is 0.341 e. The lowest BCUT2D eigenvalue weighted by Gasteiger charge is -2.12. The van der Waals surface area contributed by atoms with Gasteiger partial charge in [-0.2, -0.15) is 5.10 Å². The number of methoxy groups -OCH3 is 1. The number of carbonyl (C=O) groups excluding carboxylic acids is 2. The van der Waals surface area contributed by atoms with Gasteiger partial charge in [0.1, 0.15) is 0 Å². The molecule has 0 aliphatic heterocycles. The topological polar surface area (TPSA) is 126 Å². The first-order chi connectivity index (χ1) is 13.8. The van der Waals surface area contributed by atoms with Crippen LogP contribution in [0.4, 0.5) is 5.69 Å². The fourth-order valence-electron chi connectivity index (χ4n) is 2.26. The van der Waals surface area contributed by atoms with Gasteiger partial charge in [-0.05, 0) is 58.5 Å². The monoisotopic (exact) mass is 511 g/mol. The molecule has 0 heterocycles. The molecule has 0 radical (unpaired) electrons. The molecule has 29 heavy (non-hydrogen) atoms. The molecule has 10 heteroatoms. The third-order valence-electron chi connectivity index (χ3n) is 3.42. The van der Waals surface area contributed by atoms with Gasteiger partial charge in [0.05, 0.1) is 16.9 Å². The predicted molar refractivity (Wildman–Crippen MR) is 115 cm³/mol. The number of amides is 2. The molecular weight excluding hydrogens is 493 g/mol. The van der Waals surface area contributed by atoms with Crippen LogP contribution >= 0.6 is 22.6 Å². The molecule has 0 fully saturated rings. The van der Waals surface area contributed by atoms with Crippen molar-refractivity contribution in [3.63, 3.8) is 0 Å². The third-order valence-corrected chi connectivity index (χ3v) is 4.22. The van der Waals surface area contributed by atoms with Crippen molar-refractivity contribution in [3.05, 3.63) is 51.1 Å². The molecule has 0 spiro atoms. The maximum absolute atomic E-state index is 12.2. The first-order valence-corrected chi connectivity index (χ1v) is 9.31. The normalized spacial score (nSPS) is 10.4. The van der Waals surface area contributed by atoms with Crippen molar-refractivity contribution in [2.45, 2.75) is 6.92 Å². The Bertz CT molecular complexity index is 961. The standard InChI is InChI=1S/C19H18IN3O6/c1-11(24)22-14-5-3-4-13(8-14)19(27)23-21-9-12-6-15(20)18(16(7-12)28-2)29-10-17(25)26/h3-9H,10H2,1-2H3,(H,22,24)(H,23,27)(H,25,26)/b21-9-. The minimum Gasteiger partial charge on any atom is -0.493 e. The molecule has 0 aliphatic carbocycles. The number of carbonyl (C=O) groups is 3. The van der Waals surface area contributed by atoms with E-state index in [1.165, 1.54) is 26.3 Å². The average Bonchev–Trinajstić information content (AvgIpc) is 2.66. The second-order valence-corrected chi connectivity index (χ2v) is 6.84. The highest BCUT2D eigenvalue weighted by atomic mass is 127. The maximum atomic E-state index is 12.2. The quantitative estimate of drug-likeness (QED) is 0.284. The van der Waals surface area contributed by atoms with Gasteiger partial charge in [-0.3, -0.25) is 9.59 Å². The highest BCUT2D eigenvalue weighted by Crippen LogP contribution is 2.33. The van der Waals surface area contributed by atoms with Crippen molar-refractivity contribution in [2.75, 3.05) is 19.0 Å². The van der Waals surface area contributed by atoms with Crippen molar-refractivity contribution >= 4 is 52.3 Å². The molecule has 0 unspecified atom stereocenters. The van der Waals surface area contributed by atoms with Crippen LogP contribution in [0.15, 0.2) is 41.5 Å². The molecule has 2 amide bonds. The van der Waals surface area contributed by atoms with Gasteiger partial charge in [-0.1, -0.05) is 6.07 Å². The number of hydrogen-bond donors (Lipinski definition) is 3. The van der Waals surface area contributed by atoms with Gasteiger partial charge in [-0.25, -0.2) is 10.2 Å². The van der Waals surface area contributed by atoms with Crippen LogP contribution in [0.5, 0.6) is 11.5 Å². The predicted octanol–water partition coefficient (Wildman–Crippen LogP) is 2.49. The fraction of sp³-hybridized carbons (Fsp3) is 0.158. The number of hydrazone groups is 1. The Balaban J connectivity index is 2.09. The zero-order valence-electron chi connectivity index (χ0n) is 15.6. The summed E-state index contributed by atoms with van der Waals surface area (Å²) in [6.45, 7) is 0.887. The number of carboxylic acid groups (broad SMARTS) is 1. The number of halogens is 1. The van der Waals surface area contributed by atoms with Crippen molar-refractivity contribution in [1.82, 2.24) is 5.43 Å². The zero-order chi connectivity index (χ0) is 21.4. The number of hydrogen-bond acceptors (Lipinski definition) is 6. The van der Waals surface area contributed by atoms with Gasteiger partial charge in [0, 0.05) is 18.2 Å². The SMILES string of the molecule is COc1cc(/C=N\NC(=O)c2cccc(NC(C)=O)c2)cc(I)c1OCC(=O)O. The number of anilines is 1. The van der Waals surface area contributed by atoms with E-state index >= 15 is 0 Å². The van der Waals surface area contributed by atoms with Crippen LogP contribution in [-0.4, -0.2) is 42.8 Å². The summed E-state index contributed by atoms with van der Waals surface area (Å²) in [7, 11) is 1.43. The van der Waals surface area contributed by atoms with Gasteiger partial charge in [-0.15, -0.1) is 0 Å². The Morgan fingerprint density at radius 1 is 1.24 bits per heavy atom. The third kappa shape index (κ3) is 6.75. The summed E-state index contributed by atoms with van der Waals surface area (Å²) in [5.74, 6) is -1.13. The number of ether oxygens (including phenoxy) is 2. The van der Waals surface area contributed by atoms with E-state index in [1.807, 2.05) is 22.6 Å². The Morgan fingerprint density at radius 2 is 2.00 bits per heavy atom. The molecule has 0 aliphatic rings. The van der Waals surface area contributed by atoms with Gasteiger partial charge in [0.25, 0.3) is 5.91 Å². The summed E-state index contributed by atoms with van der Waals surface area (Å²) in [4.78, 5) is 34.0. The van der Waals surface area contributed by atoms with Gasteiger partial charge in [0.2, 0.25) is 5.91 Å². The minimum atomic E-state index is -1.10. The van der Waals surface area contributed by atoms with Crippen LogP contribution < -0.4 is 20.2 Å². The molecule has 0 saturated carbocycles. The fourth-order valence-corrected chi connectivity index (χ4v) is 3.04. The molecule has 0 saturated heterocycles. The number of nitrogens with one attached hydrogen (secondary N) is 2. The minimum absolute atomic E-state index is 0.236. The second kappa shape index (κ2) is 10.4. The summed E-state index contributed by atoms with van der Waals surface area (Å²) in [6.07, 6.45) is 1.42. The van der Waals surface area contributed by atoms with E-state index in [0.717, 1.165) is 0 Å². The Hall–Kier alpha value is -3.15. The van der Waals surface area contributed by atoms with E-state index in [9.17, 15) is 14.4 Å². The van der Waals surface area contributed by atoms with Gasteiger partial charge >= 0.3 is 5.97 Å². The van der Waals surface area contributed by atoms with E-state index in [-0.39, 0.29) is 5.91 Å². The first kappa shape index (κ1) is 22.1. The summed E-state index contributed by atoms with van der Waals surface area (Å²) in [5, 5.41) is 15.3. The van der Waals surface area contributed by atoms with Crippen molar-refractivity contribution < 1.29 is 29.0 Å². The smallest absolute Gasteiger partial charge is 0.341 e. The van der Waals surface area contributed by atoms with Crippen molar-refractivity contribution in [1.29, 1.82) is 0 Å². The van der Waals surface area contributed by atoms with Gasteiger partial charge < -0.3 is 19.9 Å². The largest absolute Gasteiger partial charge is 0.493 e. The lowest BCUT2D eigenvalue weighted by Crippen LogP contribution is -2.18. The van der Waals surface area contributed by atoms with Crippen LogP contribution in [-0.2, 0) is 9.59 Å². The molecule has 2 rings (SSSR count). The summed E-state index contributed by atoms with van der Waals surface area (Å²) in [5.41, 5.74) is 3.85. The van der Waals surface area contributed by atoms with E-state index in [4.69, 9.17) is 14.6 Å². The lowest BCUT2D eigenvalue weighted by atomic mass is 10.2. The first-order valence-electron chi connectivity index (χ1n) is 8.23. The Morgan fingerprint density at radius 3 is 2.66 bits per heavy atom. The summed E-state index contributed by atoms with van der Waals surface area (Å²) < 4.78 is 11.1. The number of benzene rings is 2. The molecule has 152 valence electrons. The van der Waals surface area contributed by atoms with Crippen LogP contribution in [0.2, 0.25) is 0 Å². The zero-order valence-corrected chi connectivity index (χ0v) is 17.7. The molecule has 3 N–H and O–H groups in total. The number of aliphatic carboxylic acids is 1. The summed E-state index contributed by atoms with van der Waals surface area (Å²) in [6, 6.07) is 9.75. The van der Waals surface area contributed by atoms with Crippen LogP contribution in [0, 0.1) is 3.57 Å². The molecule has 0 aromatic heterocycles. The number of rotatable bonds is 8. The molecule has 0 bridgehead atoms. The van der Waals surface area contributed by atoms with Crippen LogP contribution in [0.1, 0.15) is 22.8 Å². The molecule has 9 nitrogen and oxygen atoms in total. The van der Waals surface area contributed by atoms with Crippen LogP contribution in [0.3, 0.4) is 0 Å². The van der Waals surface area contributed by atoms with E-state index in [1.54, 1.807) is 30.3 Å². The second-order valence-electron chi connectivity index (χ2n) is 5.68. The highest BCUT2D eigenvalue weighted by molar-refractivity contribution is 14.1. The van der Waals surface area contributed by atoms with Crippen LogP contribution in [0.25, 0.3) is 0 Å². The van der Waals surface area contributed by atoms with E-state index in [0.29, 0.717) is 31.9 Å². The van der Waals surface area contributed by atoms with E-state index in [2.05, 4.69) is 15.8 Å². The highest BCUT2D eigenvalue weighted by Gasteiger charge is 2.13. The average molecular weight is 511 g/mol. The van der Waals surface area contributed by atoms with Crippen molar-refractivity contribution in [3.8, 4) is 11.5 Å². The Kier molecular flexibility index (Phi) is 7.95. The molecule has 2 aromatic rings. The van der Waals surface area contributed by atoms with E-state index < -0.39 is 18.5 Å². The summed E-state index contributed by atoms with van der Waals surface area (Å²) >= 11 is 1.99. The molecular formula is C19H18IN3O6. The number of nitrogens with zero attached hydrogens (tertiary/aromatic N) is 1. The number of carboxylic acids is 1. The molecule has 2 aromatic carbocycles. The lowest BCUT2D eigenvalue weighted by molar-refractivity contribution is -0.139. The van der Waals surface area contributed by atoms with Crippen molar-refractivity contribution in [2.24, 2.45) is 5.10 Å². The Labute approximate surface area is 180 Å². The molecule has 0 atom stereocenters.